The molecule has 0 saturated carbocycles. The third kappa shape index (κ3) is 10.0. The first-order valence-electron chi connectivity index (χ1n) is 18.0. The van der Waals surface area contributed by atoms with Crippen LogP contribution in [0.1, 0.15) is 106 Å². The van der Waals surface area contributed by atoms with E-state index >= 15 is 0 Å². The first-order chi connectivity index (χ1) is 23.6. The predicted molar refractivity (Wildman–Crippen MR) is 199 cm³/mol. The zero-order valence-corrected chi connectivity index (χ0v) is 28.5. The molecule has 5 aromatic rings. The number of unbranched alkanes of at least 4 members (excludes halogenated alkanes) is 10. The monoisotopic (exact) mass is 642 g/mol. The van der Waals surface area contributed by atoms with E-state index < -0.39 is 18.0 Å². The average molecular weight is 643 g/mol. The molecule has 0 aliphatic heterocycles. The number of ether oxygens (including phenoxy) is 2. The van der Waals surface area contributed by atoms with Crippen molar-refractivity contribution in [3.63, 3.8) is 0 Å². The maximum absolute atomic E-state index is 13.6. The van der Waals surface area contributed by atoms with Crippen LogP contribution in [-0.4, -0.2) is 18.0 Å². The maximum atomic E-state index is 13.6. The van der Waals surface area contributed by atoms with Gasteiger partial charge >= 0.3 is 11.9 Å². The largest absolute Gasteiger partial charge is 0.458 e. The van der Waals surface area contributed by atoms with Gasteiger partial charge in [0.1, 0.15) is 6.61 Å². The number of fused-ring (bicyclic) bond motifs is 3. The second kappa shape index (κ2) is 18.8. The highest BCUT2D eigenvalue weighted by Crippen LogP contribution is 2.29. The molecule has 0 spiro atoms. The summed E-state index contributed by atoms with van der Waals surface area (Å²) in [4.78, 5) is 27.0. The van der Waals surface area contributed by atoms with Crippen LogP contribution >= 0.6 is 0 Å². The SMILES string of the molecule is CCCCCCCC/C=C\CCCCCC[C@@H](OC(=O)c1ccc2ccccc2c1)C(=O)OCc1c2ccccc2cc2ccccc12. The molecule has 0 fully saturated rings. The van der Waals surface area contributed by atoms with E-state index in [1.807, 2.05) is 60.7 Å². The minimum atomic E-state index is -0.970. The van der Waals surface area contributed by atoms with E-state index in [0.717, 1.165) is 70.0 Å². The van der Waals surface area contributed by atoms with Crippen LogP contribution in [-0.2, 0) is 20.9 Å². The molecule has 0 aliphatic rings. The third-order valence-corrected chi connectivity index (χ3v) is 9.22. The molecule has 0 bridgehead atoms. The molecule has 4 heteroatoms. The van der Waals surface area contributed by atoms with Crippen molar-refractivity contribution < 1.29 is 19.1 Å². The van der Waals surface area contributed by atoms with Crippen molar-refractivity contribution in [1.82, 2.24) is 0 Å². The Morgan fingerprint density at radius 1 is 0.604 bits per heavy atom. The highest BCUT2D eigenvalue weighted by Gasteiger charge is 2.26. The van der Waals surface area contributed by atoms with Crippen molar-refractivity contribution in [3.8, 4) is 0 Å². The van der Waals surface area contributed by atoms with Crippen molar-refractivity contribution in [2.75, 3.05) is 0 Å². The number of allylic oxidation sites excluding steroid dienone is 2. The summed E-state index contributed by atoms with van der Waals surface area (Å²) in [7, 11) is 0. The van der Waals surface area contributed by atoms with Crippen molar-refractivity contribution in [2.45, 2.75) is 103 Å². The number of carbonyl (C=O) groups excluding carboxylic acids is 2. The molecule has 0 radical (unpaired) electrons. The van der Waals surface area contributed by atoms with Crippen molar-refractivity contribution in [3.05, 3.63) is 120 Å². The average Bonchev–Trinajstić information content (AvgIpc) is 3.12. The van der Waals surface area contributed by atoms with Gasteiger partial charge in [-0.25, -0.2) is 9.59 Å². The first kappa shape index (κ1) is 34.9. The second-order valence-corrected chi connectivity index (χ2v) is 12.9. The van der Waals surface area contributed by atoms with Gasteiger partial charge in [0, 0.05) is 5.56 Å². The van der Waals surface area contributed by atoms with Crippen molar-refractivity contribution >= 4 is 44.3 Å². The molecule has 5 aromatic carbocycles. The van der Waals surface area contributed by atoms with Gasteiger partial charge in [0.05, 0.1) is 5.56 Å². The summed E-state index contributed by atoms with van der Waals surface area (Å²) < 4.78 is 11.9. The van der Waals surface area contributed by atoms with Crippen LogP contribution in [0.15, 0.2) is 109 Å². The lowest BCUT2D eigenvalue weighted by atomic mass is 9.97. The van der Waals surface area contributed by atoms with Gasteiger partial charge in [-0.3, -0.25) is 0 Å². The maximum Gasteiger partial charge on any atom is 0.347 e. The molecule has 250 valence electrons. The van der Waals surface area contributed by atoms with E-state index in [9.17, 15) is 9.59 Å². The topological polar surface area (TPSA) is 52.6 Å². The van der Waals surface area contributed by atoms with Crippen molar-refractivity contribution in [2.24, 2.45) is 0 Å². The van der Waals surface area contributed by atoms with Gasteiger partial charge in [-0.15, -0.1) is 0 Å². The van der Waals surface area contributed by atoms with Crippen LogP contribution in [0.2, 0.25) is 0 Å². The minimum absolute atomic E-state index is 0.107. The molecule has 0 saturated heterocycles. The summed E-state index contributed by atoms with van der Waals surface area (Å²) in [5.41, 5.74) is 1.39. The number of hydrogen-bond acceptors (Lipinski definition) is 4. The fraction of sp³-hybridized carbons (Fsp3) is 0.364. The second-order valence-electron chi connectivity index (χ2n) is 12.9. The summed E-state index contributed by atoms with van der Waals surface area (Å²) in [6.07, 6.45) is 18.3. The number of benzene rings is 5. The quantitative estimate of drug-likeness (QED) is 0.0389. The minimum Gasteiger partial charge on any atom is -0.458 e. The molecule has 1 atom stereocenters. The van der Waals surface area contributed by atoms with E-state index in [-0.39, 0.29) is 6.61 Å². The lowest BCUT2D eigenvalue weighted by Crippen LogP contribution is -2.29. The lowest BCUT2D eigenvalue weighted by molar-refractivity contribution is -0.155. The zero-order chi connectivity index (χ0) is 33.4. The molecule has 0 unspecified atom stereocenters. The van der Waals surface area contributed by atoms with Gasteiger partial charge in [0.15, 0.2) is 6.10 Å². The molecular formula is C44H50O4. The Hall–Kier alpha value is -4.44. The van der Waals surface area contributed by atoms with Crippen LogP contribution in [0.4, 0.5) is 0 Å². The number of esters is 2. The molecule has 0 amide bonds. The Labute approximate surface area is 286 Å². The number of hydrogen-bond donors (Lipinski definition) is 0. The smallest absolute Gasteiger partial charge is 0.347 e. The Morgan fingerprint density at radius 2 is 1.17 bits per heavy atom. The Kier molecular flexibility index (Phi) is 13.6. The molecule has 0 aromatic heterocycles. The van der Waals surface area contributed by atoms with Crippen LogP contribution < -0.4 is 0 Å². The molecule has 48 heavy (non-hydrogen) atoms. The summed E-state index contributed by atoms with van der Waals surface area (Å²) in [5, 5.41) is 6.29. The van der Waals surface area contributed by atoms with Gasteiger partial charge in [-0.1, -0.05) is 143 Å². The van der Waals surface area contributed by atoms with E-state index in [0.29, 0.717) is 12.0 Å². The Morgan fingerprint density at radius 3 is 1.83 bits per heavy atom. The molecule has 0 aliphatic carbocycles. The Bertz CT molecular complexity index is 1750. The van der Waals surface area contributed by atoms with Crippen molar-refractivity contribution in [1.29, 1.82) is 0 Å². The van der Waals surface area contributed by atoms with Crippen LogP contribution in [0.25, 0.3) is 32.3 Å². The fourth-order valence-corrected chi connectivity index (χ4v) is 6.46. The first-order valence-corrected chi connectivity index (χ1v) is 18.0. The number of carbonyl (C=O) groups is 2. The van der Waals surface area contributed by atoms with Crippen LogP contribution in [0.5, 0.6) is 0 Å². The Balaban J connectivity index is 1.18. The molecule has 0 N–H and O–H groups in total. The van der Waals surface area contributed by atoms with Gasteiger partial charge in [0.2, 0.25) is 0 Å². The van der Waals surface area contributed by atoms with Gasteiger partial charge in [-0.2, -0.15) is 0 Å². The summed E-state index contributed by atoms with van der Waals surface area (Å²) in [5.74, 6) is -1.01. The fourth-order valence-electron chi connectivity index (χ4n) is 6.46. The third-order valence-electron chi connectivity index (χ3n) is 9.22. The normalized spacial score (nSPS) is 12.2. The van der Waals surface area contributed by atoms with E-state index in [1.54, 1.807) is 6.07 Å². The standard InChI is InChI=1S/C44H50O4/c1-2-3-4-5-6-7-8-9-10-11-12-13-14-15-28-42(48-43(45)38-30-29-34-22-16-17-23-35(34)31-38)44(46)47-33-41-39-26-20-18-24-36(39)32-37-25-19-21-27-40(37)41/h9-10,16-27,29-32,42H,2-8,11-15,28,33H2,1H3/b10-9-/t42-/m1/s1. The van der Waals surface area contributed by atoms with Gasteiger partial charge in [0.25, 0.3) is 0 Å². The van der Waals surface area contributed by atoms with E-state index in [2.05, 4.69) is 49.4 Å². The molecule has 0 heterocycles. The van der Waals surface area contributed by atoms with E-state index in [1.165, 1.54) is 44.9 Å². The summed E-state index contributed by atoms with van der Waals surface area (Å²) in [6.45, 7) is 2.36. The number of rotatable bonds is 19. The predicted octanol–water partition coefficient (Wildman–Crippen LogP) is 12.1. The highest BCUT2D eigenvalue weighted by atomic mass is 16.6. The summed E-state index contributed by atoms with van der Waals surface area (Å²) >= 11 is 0. The van der Waals surface area contributed by atoms with Crippen LogP contribution in [0.3, 0.4) is 0 Å². The molecule has 4 nitrogen and oxygen atoms in total. The van der Waals surface area contributed by atoms with Gasteiger partial charge in [-0.05, 0) is 89.0 Å². The molecular weight excluding hydrogens is 592 g/mol. The lowest BCUT2D eigenvalue weighted by Gasteiger charge is -2.18. The van der Waals surface area contributed by atoms with Crippen LogP contribution in [0, 0.1) is 0 Å². The summed E-state index contributed by atoms with van der Waals surface area (Å²) in [6, 6.07) is 31.9. The zero-order valence-electron chi connectivity index (χ0n) is 28.5. The van der Waals surface area contributed by atoms with E-state index in [4.69, 9.17) is 9.47 Å². The van der Waals surface area contributed by atoms with Gasteiger partial charge < -0.3 is 9.47 Å². The molecule has 5 rings (SSSR count). The highest BCUT2D eigenvalue weighted by molar-refractivity contribution is 6.02.